The quantitative estimate of drug-likeness (QED) is 0.869. The van der Waals surface area contributed by atoms with Crippen LogP contribution in [0, 0.1) is 11.2 Å². The smallest absolute Gasteiger partial charge is 0.123 e. The monoisotopic (exact) mass is 279 g/mol. The van der Waals surface area contributed by atoms with E-state index in [9.17, 15) is 9.50 Å². The molecule has 1 aliphatic heterocycles. The molecule has 110 valence electrons. The highest BCUT2D eigenvalue weighted by atomic mass is 19.1. The minimum Gasteiger partial charge on any atom is -0.488 e. The van der Waals surface area contributed by atoms with Crippen LogP contribution < -0.4 is 10.1 Å². The normalized spacial score (nSPS) is 23.6. The first-order valence-corrected chi connectivity index (χ1v) is 7.47. The summed E-state index contributed by atoms with van der Waals surface area (Å²) in [5.41, 5.74) is 1.02. The van der Waals surface area contributed by atoms with Crippen LogP contribution in [0.4, 0.5) is 4.39 Å². The summed E-state index contributed by atoms with van der Waals surface area (Å²) in [6.45, 7) is 1.85. The van der Waals surface area contributed by atoms with Crippen molar-refractivity contribution in [2.75, 3.05) is 19.7 Å². The first-order valence-electron chi connectivity index (χ1n) is 7.47. The number of hydrogen-bond donors (Lipinski definition) is 2. The SMILES string of the molecule is OCC1(CNCC2Cc3cc(F)ccc3O2)CCCC1. The minimum atomic E-state index is -0.203. The molecule has 0 aromatic heterocycles. The van der Waals surface area contributed by atoms with Crippen molar-refractivity contribution < 1.29 is 14.2 Å². The van der Waals surface area contributed by atoms with Gasteiger partial charge in [-0.3, -0.25) is 0 Å². The highest BCUT2D eigenvalue weighted by Gasteiger charge is 2.33. The molecule has 1 atom stereocenters. The number of nitrogens with one attached hydrogen (secondary N) is 1. The molecular weight excluding hydrogens is 257 g/mol. The van der Waals surface area contributed by atoms with Crippen molar-refractivity contribution >= 4 is 0 Å². The van der Waals surface area contributed by atoms with Crippen LogP contribution >= 0.6 is 0 Å². The Hall–Kier alpha value is -1.13. The van der Waals surface area contributed by atoms with Crippen molar-refractivity contribution in [2.24, 2.45) is 5.41 Å². The second-order valence-electron chi connectivity index (χ2n) is 6.19. The van der Waals surface area contributed by atoms with Crippen molar-refractivity contribution in [3.8, 4) is 5.75 Å². The Morgan fingerprint density at radius 3 is 2.90 bits per heavy atom. The van der Waals surface area contributed by atoms with Gasteiger partial charge in [0.15, 0.2) is 0 Å². The lowest BCUT2D eigenvalue weighted by molar-refractivity contribution is 0.123. The van der Waals surface area contributed by atoms with Gasteiger partial charge >= 0.3 is 0 Å². The van der Waals surface area contributed by atoms with Gasteiger partial charge in [-0.15, -0.1) is 0 Å². The van der Waals surface area contributed by atoms with Crippen molar-refractivity contribution in [3.05, 3.63) is 29.6 Å². The van der Waals surface area contributed by atoms with Gasteiger partial charge in [0.25, 0.3) is 0 Å². The van der Waals surface area contributed by atoms with E-state index in [0.717, 1.165) is 43.7 Å². The molecule has 2 N–H and O–H groups in total. The summed E-state index contributed by atoms with van der Waals surface area (Å²) in [5.74, 6) is 0.599. The predicted octanol–water partition coefficient (Wildman–Crippen LogP) is 2.27. The molecule has 3 nitrogen and oxygen atoms in total. The Morgan fingerprint density at radius 2 is 2.15 bits per heavy atom. The molecule has 1 saturated carbocycles. The molecule has 0 saturated heterocycles. The number of benzene rings is 1. The van der Waals surface area contributed by atoms with E-state index in [1.165, 1.54) is 18.9 Å². The third kappa shape index (κ3) is 2.81. The number of halogens is 1. The van der Waals surface area contributed by atoms with Gasteiger partial charge in [-0.1, -0.05) is 12.8 Å². The molecule has 2 aliphatic rings. The van der Waals surface area contributed by atoms with Crippen LogP contribution in [-0.4, -0.2) is 30.9 Å². The lowest BCUT2D eigenvalue weighted by atomic mass is 9.87. The fourth-order valence-electron chi connectivity index (χ4n) is 3.42. The molecule has 0 spiro atoms. The third-order valence-corrected chi connectivity index (χ3v) is 4.64. The maximum absolute atomic E-state index is 13.1. The van der Waals surface area contributed by atoms with Crippen molar-refractivity contribution in [1.82, 2.24) is 5.32 Å². The van der Waals surface area contributed by atoms with Gasteiger partial charge in [0.2, 0.25) is 0 Å². The van der Waals surface area contributed by atoms with Gasteiger partial charge < -0.3 is 15.2 Å². The van der Waals surface area contributed by atoms with Gasteiger partial charge in [-0.2, -0.15) is 0 Å². The molecule has 1 aliphatic carbocycles. The van der Waals surface area contributed by atoms with E-state index >= 15 is 0 Å². The maximum Gasteiger partial charge on any atom is 0.123 e. The van der Waals surface area contributed by atoms with Crippen molar-refractivity contribution in [1.29, 1.82) is 0 Å². The van der Waals surface area contributed by atoms with E-state index in [0.29, 0.717) is 0 Å². The minimum absolute atomic E-state index is 0.0670. The number of fused-ring (bicyclic) bond motifs is 1. The van der Waals surface area contributed by atoms with Crippen LogP contribution in [0.5, 0.6) is 5.75 Å². The molecule has 0 amide bonds. The largest absolute Gasteiger partial charge is 0.488 e. The highest BCUT2D eigenvalue weighted by Crippen LogP contribution is 2.37. The third-order valence-electron chi connectivity index (χ3n) is 4.64. The molecule has 1 aromatic carbocycles. The lowest BCUT2D eigenvalue weighted by Crippen LogP contribution is -2.39. The van der Waals surface area contributed by atoms with Crippen LogP contribution in [0.25, 0.3) is 0 Å². The van der Waals surface area contributed by atoms with E-state index in [-0.39, 0.29) is 23.9 Å². The molecular formula is C16H22FNO2. The second-order valence-corrected chi connectivity index (χ2v) is 6.19. The molecule has 3 rings (SSSR count). The summed E-state index contributed by atoms with van der Waals surface area (Å²) in [7, 11) is 0. The van der Waals surface area contributed by atoms with Gasteiger partial charge in [-0.05, 0) is 31.0 Å². The summed E-state index contributed by atoms with van der Waals surface area (Å²) in [4.78, 5) is 0. The predicted molar refractivity (Wildman–Crippen MR) is 75.4 cm³/mol. The standard InChI is InChI=1S/C16H22FNO2/c17-13-3-4-15-12(7-13)8-14(20-15)9-18-10-16(11-19)5-1-2-6-16/h3-4,7,14,18-19H,1-2,5-6,8-11H2. The van der Waals surface area contributed by atoms with Crippen LogP contribution in [0.15, 0.2) is 18.2 Å². The number of rotatable bonds is 5. The van der Waals surface area contributed by atoms with E-state index in [4.69, 9.17) is 4.74 Å². The second kappa shape index (κ2) is 5.70. The van der Waals surface area contributed by atoms with E-state index < -0.39 is 0 Å². The average Bonchev–Trinajstić information content (AvgIpc) is 3.05. The van der Waals surface area contributed by atoms with Crippen LogP contribution in [0.1, 0.15) is 31.2 Å². The van der Waals surface area contributed by atoms with Crippen molar-refractivity contribution in [2.45, 2.75) is 38.2 Å². The van der Waals surface area contributed by atoms with Crippen LogP contribution in [-0.2, 0) is 6.42 Å². The summed E-state index contributed by atoms with van der Waals surface area (Å²) in [6.07, 6.45) is 5.47. The molecule has 1 fully saturated rings. The molecule has 0 bridgehead atoms. The molecule has 1 unspecified atom stereocenters. The molecule has 20 heavy (non-hydrogen) atoms. The Balaban J connectivity index is 1.49. The number of hydrogen-bond acceptors (Lipinski definition) is 3. The number of aliphatic hydroxyl groups is 1. The zero-order valence-corrected chi connectivity index (χ0v) is 11.7. The van der Waals surface area contributed by atoms with Gasteiger partial charge in [0.05, 0.1) is 0 Å². The number of aliphatic hydroxyl groups excluding tert-OH is 1. The fraction of sp³-hybridized carbons (Fsp3) is 0.625. The molecule has 1 aromatic rings. The highest BCUT2D eigenvalue weighted by molar-refractivity contribution is 5.37. The molecule has 0 radical (unpaired) electrons. The molecule has 1 heterocycles. The van der Waals surface area contributed by atoms with E-state index in [1.54, 1.807) is 12.1 Å². The zero-order chi connectivity index (χ0) is 14.0. The first-order chi connectivity index (χ1) is 9.71. The Bertz CT molecular complexity index is 472. The topological polar surface area (TPSA) is 41.5 Å². The van der Waals surface area contributed by atoms with Gasteiger partial charge in [0, 0.05) is 37.1 Å². The zero-order valence-electron chi connectivity index (χ0n) is 11.7. The van der Waals surface area contributed by atoms with Crippen LogP contribution in [0.2, 0.25) is 0 Å². The Morgan fingerprint density at radius 1 is 1.35 bits per heavy atom. The Kier molecular flexibility index (Phi) is 3.94. The molecule has 4 heteroatoms. The Labute approximate surface area is 119 Å². The summed E-state index contributed by atoms with van der Waals surface area (Å²) < 4.78 is 18.9. The van der Waals surface area contributed by atoms with Crippen LogP contribution in [0.3, 0.4) is 0 Å². The van der Waals surface area contributed by atoms with Gasteiger partial charge in [-0.25, -0.2) is 4.39 Å². The lowest BCUT2D eigenvalue weighted by Gasteiger charge is -2.27. The summed E-state index contributed by atoms with van der Waals surface area (Å²) >= 11 is 0. The van der Waals surface area contributed by atoms with Gasteiger partial charge in [0.1, 0.15) is 17.7 Å². The van der Waals surface area contributed by atoms with E-state index in [2.05, 4.69) is 5.32 Å². The van der Waals surface area contributed by atoms with E-state index in [1.807, 2.05) is 0 Å². The van der Waals surface area contributed by atoms with Crippen molar-refractivity contribution in [3.63, 3.8) is 0 Å². The average molecular weight is 279 g/mol. The first kappa shape index (κ1) is 13.8. The fourth-order valence-corrected chi connectivity index (χ4v) is 3.42. The number of ether oxygens (including phenoxy) is 1. The maximum atomic E-state index is 13.1. The summed E-state index contributed by atoms with van der Waals surface area (Å²) in [6, 6.07) is 4.70. The summed E-state index contributed by atoms with van der Waals surface area (Å²) in [5, 5.41) is 13.0.